The number of nitrogens with zero attached hydrogens (tertiary/aromatic N) is 3. The summed E-state index contributed by atoms with van der Waals surface area (Å²) in [5, 5.41) is 12.1. The minimum atomic E-state index is -4.55. The van der Waals surface area contributed by atoms with Gasteiger partial charge in [-0.1, -0.05) is 18.2 Å². The van der Waals surface area contributed by atoms with Gasteiger partial charge in [-0.2, -0.15) is 18.4 Å². The molecule has 2 aromatic rings. The van der Waals surface area contributed by atoms with Crippen molar-refractivity contribution in [2.75, 3.05) is 23.3 Å². The molecule has 136 valence electrons. The molecule has 0 spiro atoms. The van der Waals surface area contributed by atoms with Crippen LogP contribution in [-0.2, 0) is 12.7 Å². The number of aromatic nitrogens is 1. The Kier molecular flexibility index (Phi) is 5.31. The number of piperidine rings is 1. The minimum Gasteiger partial charge on any atom is -0.371 e. The molecular weight excluding hydrogens is 341 g/mol. The predicted molar refractivity (Wildman–Crippen MR) is 93.8 cm³/mol. The van der Waals surface area contributed by atoms with Gasteiger partial charge in [-0.15, -0.1) is 0 Å². The maximum absolute atomic E-state index is 12.9. The number of anilines is 2. The van der Waals surface area contributed by atoms with Crippen molar-refractivity contribution >= 4 is 11.5 Å². The predicted octanol–water partition coefficient (Wildman–Crippen LogP) is 4.57. The maximum atomic E-state index is 12.9. The first-order chi connectivity index (χ1) is 12.5. The second-order valence-electron chi connectivity index (χ2n) is 6.23. The maximum Gasteiger partial charge on any atom is 0.433 e. The molecule has 1 aliphatic rings. The van der Waals surface area contributed by atoms with Crippen molar-refractivity contribution in [3.63, 3.8) is 0 Å². The summed E-state index contributed by atoms with van der Waals surface area (Å²) in [6, 6.07) is 11.7. The number of para-hydroxylation sites is 1. The second-order valence-corrected chi connectivity index (χ2v) is 6.23. The van der Waals surface area contributed by atoms with Gasteiger partial charge in [0.2, 0.25) is 0 Å². The summed E-state index contributed by atoms with van der Waals surface area (Å²) < 4.78 is 38.7. The van der Waals surface area contributed by atoms with Gasteiger partial charge in [-0.25, -0.2) is 4.98 Å². The number of alkyl halides is 3. The molecule has 0 amide bonds. The van der Waals surface area contributed by atoms with E-state index in [1.807, 2.05) is 30.3 Å². The van der Waals surface area contributed by atoms with Crippen LogP contribution >= 0.6 is 0 Å². The highest BCUT2D eigenvalue weighted by molar-refractivity contribution is 5.57. The molecule has 1 aliphatic heterocycles. The Hall–Kier alpha value is -2.75. The highest BCUT2D eigenvalue weighted by Crippen LogP contribution is 2.30. The molecule has 3 rings (SSSR count). The molecule has 26 heavy (non-hydrogen) atoms. The van der Waals surface area contributed by atoms with E-state index in [-0.39, 0.29) is 11.4 Å². The van der Waals surface area contributed by atoms with Crippen LogP contribution in [0.2, 0.25) is 0 Å². The van der Waals surface area contributed by atoms with E-state index in [4.69, 9.17) is 5.26 Å². The fraction of sp³-hybridized carbons (Fsp3) is 0.368. The lowest BCUT2D eigenvalue weighted by Gasteiger charge is -2.30. The van der Waals surface area contributed by atoms with Crippen LogP contribution < -0.4 is 10.2 Å². The first kappa shape index (κ1) is 18.1. The topological polar surface area (TPSA) is 52.0 Å². The Bertz CT molecular complexity index is 805. The third kappa shape index (κ3) is 4.07. The van der Waals surface area contributed by atoms with Crippen LogP contribution in [0, 0.1) is 11.3 Å². The van der Waals surface area contributed by atoms with Crippen LogP contribution in [0.25, 0.3) is 0 Å². The quantitative estimate of drug-likeness (QED) is 0.867. The summed E-state index contributed by atoms with van der Waals surface area (Å²) in [5.74, 6) is -0.0456. The lowest BCUT2D eigenvalue weighted by Crippen LogP contribution is -2.30. The second kappa shape index (κ2) is 7.65. The van der Waals surface area contributed by atoms with Crippen molar-refractivity contribution in [1.82, 2.24) is 4.98 Å². The molecule has 0 unspecified atom stereocenters. The number of hydrogen-bond acceptors (Lipinski definition) is 4. The summed E-state index contributed by atoms with van der Waals surface area (Å²) in [6.07, 6.45) is -1.06. The normalized spacial score (nSPS) is 14.8. The number of pyridine rings is 1. The van der Waals surface area contributed by atoms with E-state index >= 15 is 0 Å². The first-order valence-corrected chi connectivity index (χ1v) is 8.54. The SMILES string of the molecule is N#Cc1ccc(C(F)(F)F)nc1NCc1ccccc1N1CCCCC1. The molecule has 0 aliphatic carbocycles. The van der Waals surface area contributed by atoms with Gasteiger partial charge < -0.3 is 10.2 Å². The molecule has 1 fully saturated rings. The van der Waals surface area contributed by atoms with Gasteiger partial charge in [0.05, 0.1) is 5.56 Å². The van der Waals surface area contributed by atoms with Gasteiger partial charge in [-0.3, -0.25) is 0 Å². The number of benzene rings is 1. The van der Waals surface area contributed by atoms with Crippen LogP contribution in [0.3, 0.4) is 0 Å². The Balaban J connectivity index is 1.82. The number of nitriles is 1. The average Bonchev–Trinajstić information content (AvgIpc) is 2.66. The fourth-order valence-electron chi connectivity index (χ4n) is 3.12. The van der Waals surface area contributed by atoms with Crippen molar-refractivity contribution < 1.29 is 13.2 Å². The summed E-state index contributed by atoms with van der Waals surface area (Å²) in [5.41, 5.74) is 1.12. The lowest BCUT2D eigenvalue weighted by molar-refractivity contribution is -0.141. The van der Waals surface area contributed by atoms with Crippen molar-refractivity contribution in [3.8, 4) is 6.07 Å². The van der Waals surface area contributed by atoms with Gasteiger partial charge in [0, 0.05) is 25.3 Å². The zero-order valence-corrected chi connectivity index (χ0v) is 14.2. The number of hydrogen-bond donors (Lipinski definition) is 1. The van der Waals surface area contributed by atoms with Crippen molar-refractivity contribution in [3.05, 3.63) is 53.2 Å². The zero-order valence-electron chi connectivity index (χ0n) is 14.2. The standard InChI is InChI=1S/C19H19F3N4/c20-19(21,22)17-9-8-14(12-23)18(25-17)24-13-15-6-2-3-7-16(15)26-10-4-1-5-11-26/h2-3,6-9H,1,4-5,10-11,13H2,(H,24,25). The van der Waals surface area contributed by atoms with E-state index in [9.17, 15) is 13.2 Å². The average molecular weight is 360 g/mol. The molecule has 7 heteroatoms. The lowest BCUT2D eigenvalue weighted by atomic mass is 10.1. The van der Waals surface area contributed by atoms with E-state index in [1.165, 1.54) is 6.42 Å². The monoisotopic (exact) mass is 360 g/mol. The van der Waals surface area contributed by atoms with Gasteiger partial charge >= 0.3 is 6.18 Å². The first-order valence-electron chi connectivity index (χ1n) is 8.54. The van der Waals surface area contributed by atoms with Crippen LogP contribution in [0.5, 0.6) is 0 Å². The zero-order chi connectivity index (χ0) is 18.6. The minimum absolute atomic E-state index is 0.0456. The van der Waals surface area contributed by atoms with E-state index < -0.39 is 11.9 Å². The van der Waals surface area contributed by atoms with E-state index in [0.717, 1.165) is 49.3 Å². The van der Waals surface area contributed by atoms with E-state index in [2.05, 4.69) is 15.2 Å². The molecule has 0 saturated carbocycles. The van der Waals surface area contributed by atoms with Crippen molar-refractivity contribution in [2.24, 2.45) is 0 Å². The Labute approximate surface area is 150 Å². The molecule has 1 aromatic heterocycles. The summed E-state index contributed by atoms with van der Waals surface area (Å²) in [7, 11) is 0. The molecule has 1 aromatic carbocycles. The van der Waals surface area contributed by atoms with Crippen LogP contribution in [0.15, 0.2) is 36.4 Å². The van der Waals surface area contributed by atoms with Gasteiger partial charge in [0.1, 0.15) is 17.6 Å². The largest absolute Gasteiger partial charge is 0.433 e. The highest BCUT2D eigenvalue weighted by atomic mass is 19.4. The number of rotatable bonds is 4. The van der Waals surface area contributed by atoms with Gasteiger partial charge in [0.25, 0.3) is 0 Å². The molecule has 1 N–H and O–H groups in total. The highest BCUT2D eigenvalue weighted by Gasteiger charge is 2.33. The van der Waals surface area contributed by atoms with Crippen LogP contribution in [0.1, 0.15) is 36.1 Å². The molecular formula is C19H19F3N4. The molecule has 0 radical (unpaired) electrons. The van der Waals surface area contributed by atoms with Gasteiger partial charge in [-0.05, 0) is 43.0 Å². The van der Waals surface area contributed by atoms with Gasteiger partial charge in [0.15, 0.2) is 0 Å². The third-order valence-electron chi connectivity index (χ3n) is 4.44. The molecule has 0 atom stereocenters. The Morgan fingerprint density at radius 1 is 1.08 bits per heavy atom. The third-order valence-corrected chi connectivity index (χ3v) is 4.44. The number of nitrogens with one attached hydrogen (secondary N) is 1. The molecule has 2 heterocycles. The van der Waals surface area contributed by atoms with Crippen molar-refractivity contribution in [2.45, 2.75) is 32.0 Å². The van der Waals surface area contributed by atoms with E-state index in [0.29, 0.717) is 6.54 Å². The summed E-state index contributed by atoms with van der Waals surface area (Å²) in [6.45, 7) is 2.25. The summed E-state index contributed by atoms with van der Waals surface area (Å²) >= 11 is 0. The molecule has 0 bridgehead atoms. The number of halogens is 3. The smallest absolute Gasteiger partial charge is 0.371 e. The summed E-state index contributed by atoms with van der Waals surface area (Å²) in [4.78, 5) is 5.90. The molecule has 4 nitrogen and oxygen atoms in total. The Morgan fingerprint density at radius 2 is 1.81 bits per heavy atom. The van der Waals surface area contributed by atoms with Crippen LogP contribution in [-0.4, -0.2) is 18.1 Å². The fourth-order valence-corrected chi connectivity index (χ4v) is 3.12. The van der Waals surface area contributed by atoms with Crippen LogP contribution in [0.4, 0.5) is 24.7 Å². The van der Waals surface area contributed by atoms with Crippen molar-refractivity contribution in [1.29, 1.82) is 5.26 Å². The Morgan fingerprint density at radius 3 is 2.50 bits per heavy atom. The molecule has 1 saturated heterocycles. The van der Waals surface area contributed by atoms with E-state index in [1.54, 1.807) is 0 Å².